The summed E-state index contributed by atoms with van der Waals surface area (Å²) in [6.45, 7) is 1.98. The van der Waals surface area contributed by atoms with Crippen LogP contribution in [-0.4, -0.2) is 12.0 Å². The molecule has 0 bridgehead atoms. The molecule has 0 saturated heterocycles. The van der Waals surface area contributed by atoms with Crippen LogP contribution in [0.4, 0.5) is 5.69 Å². The van der Waals surface area contributed by atoms with E-state index in [0.717, 1.165) is 27.2 Å². The third-order valence-corrected chi connectivity index (χ3v) is 2.78. The molecule has 1 aromatic heterocycles. The Hall–Kier alpha value is -1.28. The van der Waals surface area contributed by atoms with Crippen molar-refractivity contribution >= 4 is 28.2 Å². The van der Waals surface area contributed by atoms with Crippen molar-refractivity contribution < 1.29 is 0 Å². The van der Waals surface area contributed by atoms with E-state index < -0.39 is 0 Å². The van der Waals surface area contributed by atoms with Gasteiger partial charge in [0.05, 0.1) is 5.52 Å². The summed E-state index contributed by atoms with van der Waals surface area (Å²) < 4.78 is 0. The molecule has 0 amide bonds. The van der Waals surface area contributed by atoms with Gasteiger partial charge in [-0.3, -0.25) is 4.98 Å². The average Bonchev–Trinajstić information content (AvgIpc) is 2.23. The number of pyridine rings is 1. The standard InChI is InChI=1S/C11H11ClN2/c1-7-9(12)4-3-8-10(13-2)5-6-14-11(7)8/h3-6H,1-2H3,(H,13,14). The Morgan fingerprint density at radius 2 is 2.07 bits per heavy atom. The van der Waals surface area contributed by atoms with Crippen LogP contribution in [0.15, 0.2) is 24.4 Å². The van der Waals surface area contributed by atoms with Crippen molar-refractivity contribution in [2.45, 2.75) is 6.92 Å². The van der Waals surface area contributed by atoms with Crippen molar-refractivity contribution in [3.05, 3.63) is 35.0 Å². The number of nitrogens with zero attached hydrogens (tertiary/aromatic N) is 1. The molecule has 0 saturated carbocycles. The van der Waals surface area contributed by atoms with Crippen LogP contribution in [0.2, 0.25) is 5.02 Å². The van der Waals surface area contributed by atoms with Gasteiger partial charge in [0.15, 0.2) is 0 Å². The zero-order valence-corrected chi connectivity index (χ0v) is 8.89. The maximum Gasteiger partial charge on any atom is 0.0766 e. The van der Waals surface area contributed by atoms with Gasteiger partial charge in [0.2, 0.25) is 0 Å². The number of anilines is 1. The van der Waals surface area contributed by atoms with E-state index in [1.54, 1.807) is 6.20 Å². The molecule has 0 unspecified atom stereocenters. The second kappa shape index (κ2) is 3.46. The van der Waals surface area contributed by atoms with Crippen molar-refractivity contribution in [3.8, 4) is 0 Å². The smallest absolute Gasteiger partial charge is 0.0766 e. The van der Waals surface area contributed by atoms with E-state index in [1.165, 1.54) is 0 Å². The highest BCUT2D eigenvalue weighted by molar-refractivity contribution is 6.32. The third-order valence-electron chi connectivity index (χ3n) is 2.37. The molecular formula is C11H11ClN2. The van der Waals surface area contributed by atoms with Gasteiger partial charge in [-0.25, -0.2) is 0 Å². The van der Waals surface area contributed by atoms with E-state index in [2.05, 4.69) is 10.3 Å². The van der Waals surface area contributed by atoms with Crippen molar-refractivity contribution in [2.75, 3.05) is 12.4 Å². The molecule has 72 valence electrons. The molecule has 0 aliphatic heterocycles. The highest BCUT2D eigenvalue weighted by Gasteiger charge is 2.05. The second-order valence-electron chi connectivity index (χ2n) is 3.18. The molecule has 1 aromatic carbocycles. The zero-order chi connectivity index (χ0) is 10.1. The summed E-state index contributed by atoms with van der Waals surface area (Å²) >= 11 is 6.02. The first kappa shape index (κ1) is 9.28. The molecule has 1 heterocycles. The number of halogens is 1. The Morgan fingerprint density at radius 1 is 1.29 bits per heavy atom. The van der Waals surface area contributed by atoms with Gasteiger partial charge in [-0.05, 0) is 30.7 Å². The minimum Gasteiger partial charge on any atom is -0.388 e. The Bertz CT molecular complexity index is 480. The Labute approximate surface area is 87.9 Å². The first-order chi connectivity index (χ1) is 6.74. The van der Waals surface area contributed by atoms with E-state index in [9.17, 15) is 0 Å². The van der Waals surface area contributed by atoms with Gasteiger partial charge in [0.1, 0.15) is 0 Å². The Balaban J connectivity index is 2.86. The Kier molecular flexibility index (Phi) is 2.30. The topological polar surface area (TPSA) is 24.9 Å². The predicted octanol–water partition coefficient (Wildman–Crippen LogP) is 3.24. The second-order valence-corrected chi connectivity index (χ2v) is 3.58. The lowest BCUT2D eigenvalue weighted by molar-refractivity contribution is 1.36. The first-order valence-electron chi connectivity index (χ1n) is 4.45. The predicted molar refractivity (Wildman–Crippen MR) is 61.0 cm³/mol. The number of benzene rings is 1. The molecule has 2 aromatic rings. The van der Waals surface area contributed by atoms with Crippen LogP contribution in [0.1, 0.15) is 5.56 Å². The van der Waals surface area contributed by atoms with Crippen LogP contribution < -0.4 is 5.32 Å². The number of aryl methyl sites for hydroxylation is 1. The van der Waals surface area contributed by atoms with Gasteiger partial charge < -0.3 is 5.32 Å². The number of fused-ring (bicyclic) bond motifs is 1. The lowest BCUT2D eigenvalue weighted by Crippen LogP contribution is -1.92. The molecule has 0 aliphatic rings. The summed E-state index contributed by atoms with van der Waals surface area (Å²) in [5, 5.41) is 5.00. The fraction of sp³-hybridized carbons (Fsp3) is 0.182. The SMILES string of the molecule is CNc1ccnc2c(C)c(Cl)ccc12. The number of aromatic nitrogens is 1. The molecule has 0 fully saturated rings. The fourth-order valence-electron chi connectivity index (χ4n) is 1.55. The summed E-state index contributed by atoms with van der Waals surface area (Å²) in [4.78, 5) is 4.33. The van der Waals surface area contributed by atoms with Crippen molar-refractivity contribution in [2.24, 2.45) is 0 Å². The van der Waals surface area contributed by atoms with Crippen molar-refractivity contribution in [1.82, 2.24) is 4.98 Å². The molecule has 0 spiro atoms. The van der Waals surface area contributed by atoms with Gasteiger partial charge in [-0.1, -0.05) is 11.6 Å². The molecule has 14 heavy (non-hydrogen) atoms. The van der Waals surface area contributed by atoms with Crippen LogP contribution in [0.3, 0.4) is 0 Å². The van der Waals surface area contributed by atoms with Crippen molar-refractivity contribution in [1.29, 1.82) is 0 Å². The highest BCUT2D eigenvalue weighted by Crippen LogP contribution is 2.27. The first-order valence-corrected chi connectivity index (χ1v) is 4.83. The summed E-state index contributed by atoms with van der Waals surface area (Å²) in [7, 11) is 1.90. The highest BCUT2D eigenvalue weighted by atomic mass is 35.5. The summed E-state index contributed by atoms with van der Waals surface area (Å²) in [5.74, 6) is 0. The zero-order valence-electron chi connectivity index (χ0n) is 8.13. The maximum absolute atomic E-state index is 6.02. The molecule has 2 rings (SSSR count). The number of nitrogens with one attached hydrogen (secondary N) is 1. The third kappa shape index (κ3) is 1.32. The van der Waals surface area contributed by atoms with Crippen LogP contribution in [0, 0.1) is 6.92 Å². The normalized spacial score (nSPS) is 10.5. The van der Waals surface area contributed by atoms with Crippen LogP contribution in [0.5, 0.6) is 0 Å². The molecule has 0 radical (unpaired) electrons. The van der Waals surface area contributed by atoms with Gasteiger partial charge in [0, 0.05) is 29.3 Å². The van der Waals surface area contributed by atoms with Crippen LogP contribution >= 0.6 is 11.6 Å². The van der Waals surface area contributed by atoms with Gasteiger partial charge >= 0.3 is 0 Å². The Morgan fingerprint density at radius 3 is 2.79 bits per heavy atom. The number of hydrogen-bond acceptors (Lipinski definition) is 2. The van der Waals surface area contributed by atoms with Crippen LogP contribution in [-0.2, 0) is 0 Å². The average molecular weight is 207 g/mol. The van der Waals surface area contributed by atoms with Gasteiger partial charge in [-0.15, -0.1) is 0 Å². The lowest BCUT2D eigenvalue weighted by atomic mass is 10.1. The monoisotopic (exact) mass is 206 g/mol. The molecular weight excluding hydrogens is 196 g/mol. The minimum absolute atomic E-state index is 0.762. The van der Waals surface area contributed by atoms with E-state index >= 15 is 0 Å². The molecule has 3 heteroatoms. The quantitative estimate of drug-likeness (QED) is 0.775. The summed E-state index contributed by atoms with van der Waals surface area (Å²) in [6, 6.07) is 5.85. The molecule has 0 atom stereocenters. The van der Waals surface area contributed by atoms with E-state index in [1.807, 2.05) is 32.2 Å². The number of rotatable bonds is 1. The molecule has 2 nitrogen and oxygen atoms in total. The number of hydrogen-bond donors (Lipinski definition) is 1. The summed E-state index contributed by atoms with van der Waals surface area (Å²) in [5.41, 5.74) is 3.07. The van der Waals surface area contributed by atoms with E-state index in [4.69, 9.17) is 11.6 Å². The van der Waals surface area contributed by atoms with Crippen LogP contribution in [0.25, 0.3) is 10.9 Å². The minimum atomic E-state index is 0.762. The largest absolute Gasteiger partial charge is 0.388 e. The lowest BCUT2D eigenvalue weighted by Gasteiger charge is -2.07. The van der Waals surface area contributed by atoms with Gasteiger partial charge in [0.25, 0.3) is 0 Å². The molecule has 1 N–H and O–H groups in total. The summed E-state index contributed by atoms with van der Waals surface area (Å²) in [6.07, 6.45) is 1.79. The van der Waals surface area contributed by atoms with E-state index in [-0.39, 0.29) is 0 Å². The maximum atomic E-state index is 6.02. The molecule has 0 aliphatic carbocycles. The van der Waals surface area contributed by atoms with Gasteiger partial charge in [-0.2, -0.15) is 0 Å². The van der Waals surface area contributed by atoms with E-state index in [0.29, 0.717) is 0 Å². The fourth-order valence-corrected chi connectivity index (χ4v) is 1.71. The van der Waals surface area contributed by atoms with Crippen molar-refractivity contribution in [3.63, 3.8) is 0 Å².